The molecule has 0 spiro atoms. The van der Waals surface area contributed by atoms with E-state index in [-0.39, 0.29) is 4.90 Å². The summed E-state index contributed by atoms with van der Waals surface area (Å²) >= 11 is 1.51. The van der Waals surface area contributed by atoms with Crippen molar-refractivity contribution in [3.05, 3.63) is 40.3 Å². The molecule has 0 amide bonds. The Labute approximate surface area is 122 Å². The van der Waals surface area contributed by atoms with Gasteiger partial charge in [-0.3, -0.25) is 4.98 Å². The number of nitrogens with one attached hydrogen (secondary N) is 1. The molecule has 0 unspecified atom stereocenters. The summed E-state index contributed by atoms with van der Waals surface area (Å²) in [6, 6.07) is 4.91. The van der Waals surface area contributed by atoms with Crippen molar-refractivity contribution >= 4 is 21.4 Å². The van der Waals surface area contributed by atoms with Gasteiger partial charge in [-0.2, -0.15) is 0 Å². The molecule has 108 valence electrons. The Kier molecular flexibility index (Phi) is 4.74. The van der Waals surface area contributed by atoms with Crippen molar-refractivity contribution in [3.8, 4) is 5.75 Å². The third kappa shape index (κ3) is 3.56. The van der Waals surface area contributed by atoms with Gasteiger partial charge in [0.05, 0.1) is 17.5 Å². The Morgan fingerprint density at radius 2 is 2.20 bits per heavy atom. The van der Waals surface area contributed by atoms with E-state index in [1.807, 2.05) is 0 Å². The predicted molar refractivity (Wildman–Crippen MR) is 78.7 cm³/mol. The molecule has 2 aromatic rings. The molecular weight excluding hydrogens is 296 g/mol. The topological polar surface area (TPSA) is 68.3 Å². The Hall–Kier alpha value is -1.44. The van der Waals surface area contributed by atoms with Gasteiger partial charge >= 0.3 is 0 Å². The monoisotopic (exact) mass is 312 g/mol. The highest BCUT2D eigenvalue weighted by Crippen LogP contribution is 2.20. The van der Waals surface area contributed by atoms with Crippen LogP contribution in [-0.4, -0.2) is 27.1 Å². The highest BCUT2D eigenvalue weighted by atomic mass is 32.2. The van der Waals surface area contributed by atoms with Gasteiger partial charge in [0, 0.05) is 17.6 Å². The molecule has 0 saturated heterocycles. The summed E-state index contributed by atoms with van der Waals surface area (Å²) in [4.78, 5) is 5.29. The molecule has 0 fully saturated rings. The van der Waals surface area contributed by atoms with Crippen molar-refractivity contribution in [2.24, 2.45) is 0 Å². The molecule has 0 aliphatic rings. The van der Waals surface area contributed by atoms with Gasteiger partial charge in [-0.15, -0.1) is 11.3 Å². The van der Waals surface area contributed by atoms with Gasteiger partial charge in [0.2, 0.25) is 10.0 Å². The van der Waals surface area contributed by atoms with Crippen molar-refractivity contribution in [2.45, 2.75) is 18.2 Å². The zero-order valence-electron chi connectivity index (χ0n) is 11.3. The Morgan fingerprint density at radius 1 is 1.40 bits per heavy atom. The Morgan fingerprint density at radius 3 is 2.80 bits per heavy atom. The smallest absolute Gasteiger partial charge is 0.240 e. The minimum Gasteiger partial charge on any atom is -0.497 e. The molecule has 1 N–H and O–H groups in total. The average Bonchev–Trinajstić information content (AvgIpc) is 2.91. The van der Waals surface area contributed by atoms with E-state index in [0.29, 0.717) is 24.3 Å². The molecule has 0 radical (unpaired) electrons. The lowest BCUT2D eigenvalue weighted by molar-refractivity contribution is 0.414. The highest BCUT2D eigenvalue weighted by Gasteiger charge is 2.16. The van der Waals surface area contributed by atoms with Crippen LogP contribution in [0.2, 0.25) is 0 Å². The highest BCUT2D eigenvalue weighted by molar-refractivity contribution is 7.89. The lowest BCUT2D eigenvalue weighted by atomic mass is 10.2. The molecule has 0 atom stereocenters. The first-order chi connectivity index (χ1) is 9.53. The van der Waals surface area contributed by atoms with E-state index in [4.69, 9.17) is 4.74 Å². The standard InChI is InChI=1S/C13H16N2O3S2/c1-10-7-11(18-2)3-4-13(10)20(16,17)15-6-5-12-8-14-9-19-12/h3-4,7-9,15H,5-6H2,1-2H3. The third-order valence-electron chi connectivity index (χ3n) is 2.82. The Balaban J connectivity index is 2.06. The van der Waals surface area contributed by atoms with Crippen LogP contribution in [0.3, 0.4) is 0 Å². The molecule has 20 heavy (non-hydrogen) atoms. The SMILES string of the molecule is COc1ccc(S(=O)(=O)NCCc2cncs2)c(C)c1. The molecular formula is C13H16N2O3S2. The number of methoxy groups -OCH3 is 1. The van der Waals surface area contributed by atoms with Crippen LogP contribution >= 0.6 is 11.3 Å². The number of rotatable bonds is 6. The zero-order valence-corrected chi connectivity index (χ0v) is 12.9. The zero-order chi connectivity index (χ0) is 14.6. The van der Waals surface area contributed by atoms with Crippen LogP contribution in [0.5, 0.6) is 5.75 Å². The number of thiazole rings is 1. The summed E-state index contributed by atoms with van der Waals surface area (Å²) in [5.74, 6) is 0.645. The molecule has 0 aliphatic heterocycles. The van der Waals surface area contributed by atoms with Gasteiger partial charge in [0.25, 0.3) is 0 Å². The molecule has 1 aromatic heterocycles. The maximum absolute atomic E-state index is 12.2. The number of aryl methyl sites for hydroxylation is 1. The number of ether oxygens (including phenoxy) is 1. The van der Waals surface area contributed by atoms with Crippen molar-refractivity contribution in [1.29, 1.82) is 0 Å². The fraction of sp³-hybridized carbons (Fsp3) is 0.308. The van der Waals surface area contributed by atoms with Gasteiger partial charge in [-0.1, -0.05) is 0 Å². The first kappa shape index (κ1) is 15.0. The summed E-state index contributed by atoms with van der Waals surface area (Å²) in [6.07, 6.45) is 2.39. The van der Waals surface area contributed by atoms with E-state index in [1.54, 1.807) is 43.9 Å². The van der Waals surface area contributed by atoms with E-state index in [0.717, 1.165) is 4.88 Å². The van der Waals surface area contributed by atoms with E-state index >= 15 is 0 Å². The number of aromatic nitrogens is 1. The number of benzene rings is 1. The number of nitrogens with zero attached hydrogens (tertiary/aromatic N) is 1. The number of hydrogen-bond acceptors (Lipinski definition) is 5. The van der Waals surface area contributed by atoms with Crippen LogP contribution in [0.1, 0.15) is 10.4 Å². The number of sulfonamides is 1. The first-order valence-corrected chi connectivity index (χ1v) is 8.41. The van der Waals surface area contributed by atoms with Gasteiger partial charge in [0.1, 0.15) is 5.75 Å². The molecule has 0 bridgehead atoms. The van der Waals surface area contributed by atoms with E-state index < -0.39 is 10.0 Å². The average molecular weight is 312 g/mol. The van der Waals surface area contributed by atoms with Crippen LogP contribution in [0.4, 0.5) is 0 Å². The van der Waals surface area contributed by atoms with Crippen LogP contribution in [0.15, 0.2) is 34.8 Å². The lowest BCUT2D eigenvalue weighted by Crippen LogP contribution is -2.26. The minimum atomic E-state index is -3.49. The summed E-state index contributed by atoms with van der Waals surface area (Å²) in [5, 5.41) is 0. The summed E-state index contributed by atoms with van der Waals surface area (Å²) in [6.45, 7) is 2.11. The minimum absolute atomic E-state index is 0.280. The van der Waals surface area contributed by atoms with Crippen LogP contribution in [-0.2, 0) is 16.4 Å². The van der Waals surface area contributed by atoms with Gasteiger partial charge in [0.15, 0.2) is 0 Å². The molecule has 0 aliphatic carbocycles. The Bertz CT molecular complexity index is 667. The summed E-state index contributed by atoms with van der Waals surface area (Å²) < 4.78 is 32.1. The summed E-state index contributed by atoms with van der Waals surface area (Å²) in [5.41, 5.74) is 2.40. The quantitative estimate of drug-likeness (QED) is 0.885. The third-order valence-corrected chi connectivity index (χ3v) is 5.28. The lowest BCUT2D eigenvalue weighted by Gasteiger charge is -2.10. The normalized spacial score (nSPS) is 11.5. The van der Waals surface area contributed by atoms with E-state index in [1.165, 1.54) is 11.3 Å². The maximum Gasteiger partial charge on any atom is 0.240 e. The largest absolute Gasteiger partial charge is 0.497 e. The second-order valence-electron chi connectivity index (χ2n) is 4.25. The van der Waals surface area contributed by atoms with Crippen molar-refractivity contribution in [2.75, 3.05) is 13.7 Å². The number of hydrogen-bond donors (Lipinski definition) is 1. The van der Waals surface area contributed by atoms with Crippen molar-refractivity contribution in [3.63, 3.8) is 0 Å². The molecule has 5 nitrogen and oxygen atoms in total. The van der Waals surface area contributed by atoms with Gasteiger partial charge < -0.3 is 4.74 Å². The molecule has 2 rings (SSSR count). The molecule has 0 saturated carbocycles. The van der Waals surface area contributed by atoms with Gasteiger partial charge in [-0.05, 0) is 37.1 Å². The van der Waals surface area contributed by atoms with Crippen molar-refractivity contribution in [1.82, 2.24) is 9.71 Å². The maximum atomic E-state index is 12.2. The van der Waals surface area contributed by atoms with Gasteiger partial charge in [-0.25, -0.2) is 13.1 Å². The van der Waals surface area contributed by atoms with Crippen LogP contribution in [0.25, 0.3) is 0 Å². The predicted octanol–water partition coefficient (Wildman–Crippen LogP) is 1.98. The fourth-order valence-electron chi connectivity index (χ4n) is 1.80. The van der Waals surface area contributed by atoms with Crippen molar-refractivity contribution < 1.29 is 13.2 Å². The molecule has 1 aromatic carbocycles. The van der Waals surface area contributed by atoms with E-state index in [2.05, 4.69) is 9.71 Å². The first-order valence-electron chi connectivity index (χ1n) is 6.04. The fourth-order valence-corrected chi connectivity index (χ4v) is 3.66. The molecule has 1 heterocycles. The molecule has 7 heteroatoms. The van der Waals surface area contributed by atoms with Crippen LogP contribution < -0.4 is 9.46 Å². The second-order valence-corrected chi connectivity index (χ2v) is 6.95. The summed E-state index contributed by atoms with van der Waals surface area (Å²) in [7, 11) is -1.94. The van der Waals surface area contributed by atoms with Crippen LogP contribution in [0, 0.1) is 6.92 Å². The van der Waals surface area contributed by atoms with E-state index in [9.17, 15) is 8.42 Å². The second kappa shape index (κ2) is 6.34.